The van der Waals surface area contributed by atoms with E-state index in [4.69, 9.17) is 5.26 Å². The summed E-state index contributed by atoms with van der Waals surface area (Å²) in [6, 6.07) is 16.3. The summed E-state index contributed by atoms with van der Waals surface area (Å²) in [4.78, 5) is 19.6. The minimum absolute atomic E-state index is 0.0480. The molecule has 4 heterocycles. The number of hydrogen-bond donors (Lipinski definition) is 0. The van der Waals surface area contributed by atoms with Crippen molar-refractivity contribution in [2.24, 2.45) is 11.8 Å². The molecule has 7 nitrogen and oxygen atoms in total. The SMILES string of the molecule is CC(C)N1CC(c2ccc(-c3cc4c(N5CCN(C(=O)[C@H]6C[C@H](C#N)C6)CC5)ccnn4c3)cc2)C1. The van der Waals surface area contributed by atoms with E-state index in [0.717, 1.165) is 63.3 Å². The molecule has 0 spiro atoms. The van der Waals surface area contributed by atoms with E-state index in [-0.39, 0.29) is 17.7 Å². The van der Waals surface area contributed by atoms with Gasteiger partial charge in [0.05, 0.1) is 17.3 Å². The molecule has 3 aromatic rings. The summed E-state index contributed by atoms with van der Waals surface area (Å²) in [7, 11) is 0. The molecule has 7 heteroatoms. The van der Waals surface area contributed by atoms with E-state index < -0.39 is 0 Å². The molecule has 2 aromatic heterocycles. The van der Waals surface area contributed by atoms with Gasteiger partial charge in [-0.3, -0.25) is 9.69 Å². The van der Waals surface area contributed by atoms with Crippen LogP contribution in [0.3, 0.4) is 0 Å². The number of anilines is 1. The van der Waals surface area contributed by atoms with Crippen molar-refractivity contribution < 1.29 is 4.79 Å². The largest absolute Gasteiger partial charge is 0.366 e. The molecule has 0 N–H and O–H groups in total. The van der Waals surface area contributed by atoms with Gasteiger partial charge in [-0.15, -0.1) is 0 Å². The van der Waals surface area contributed by atoms with Crippen LogP contribution in [-0.2, 0) is 4.79 Å². The lowest BCUT2D eigenvalue weighted by molar-refractivity contribution is -0.139. The average molecular weight is 483 g/mol. The number of aromatic nitrogens is 2. The highest BCUT2D eigenvalue weighted by Crippen LogP contribution is 2.35. The summed E-state index contributed by atoms with van der Waals surface area (Å²) in [5.41, 5.74) is 6.07. The maximum absolute atomic E-state index is 12.8. The standard InChI is InChI=1S/C29H34N6O/c1-20(2)34-17-26(18-34)23-5-3-22(4-6-23)25-15-28-27(7-8-31-35(28)19-25)32-9-11-33(12-10-32)29(36)24-13-21(14-24)16-30/h3-8,15,19-21,24,26H,9-14,17-18H2,1-2H3/t21-,24-. The van der Waals surface area contributed by atoms with Gasteiger partial charge in [0.25, 0.3) is 0 Å². The van der Waals surface area contributed by atoms with Crippen molar-refractivity contribution in [1.29, 1.82) is 5.26 Å². The highest BCUT2D eigenvalue weighted by Gasteiger charge is 2.37. The maximum Gasteiger partial charge on any atom is 0.225 e. The van der Waals surface area contributed by atoms with Crippen molar-refractivity contribution in [2.75, 3.05) is 44.2 Å². The summed E-state index contributed by atoms with van der Waals surface area (Å²) in [6.45, 7) is 9.91. The first-order valence-corrected chi connectivity index (χ1v) is 13.3. The van der Waals surface area contributed by atoms with Crippen LogP contribution in [0.1, 0.15) is 38.2 Å². The molecule has 1 saturated carbocycles. The first-order valence-electron chi connectivity index (χ1n) is 13.3. The zero-order valence-electron chi connectivity index (χ0n) is 21.2. The van der Waals surface area contributed by atoms with Gasteiger partial charge >= 0.3 is 0 Å². The predicted molar refractivity (Wildman–Crippen MR) is 141 cm³/mol. The third-order valence-corrected chi connectivity index (χ3v) is 8.44. The lowest BCUT2D eigenvalue weighted by Crippen LogP contribution is -2.52. The molecule has 1 amide bonds. The third kappa shape index (κ3) is 4.14. The summed E-state index contributed by atoms with van der Waals surface area (Å²) in [5.74, 6) is 0.990. The number of carbonyl (C=O) groups is 1. The van der Waals surface area contributed by atoms with Gasteiger partial charge in [-0.1, -0.05) is 24.3 Å². The van der Waals surface area contributed by atoms with Crippen molar-refractivity contribution in [3.8, 4) is 17.2 Å². The Balaban J connectivity index is 1.13. The normalized spacial score (nSPS) is 22.9. The fourth-order valence-corrected chi connectivity index (χ4v) is 5.87. The molecule has 0 unspecified atom stereocenters. The second-order valence-electron chi connectivity index (χ2n) is 10.9. The van der Waals surface area contributed by atoms with Gasteiger partial charge in [-0.05, 0) is 49.9 Å². The van der Waals surface area contributed by atoms with E-state index in [9.17, 15) is 4.79 Å². The molecule has 2 saturated heterocycles. The Hall–Kier alpha value is -3.37. The van der Waals surface area contributed by atoms with E-state index in [1.165, 1.54) is 16.7 Å². The lowest BCUT2D eigenvalue weighted by atomic mass is 9.75. The van der Waals surface area contributed by atoms with Gasteiger partial charge in [0.15, 0.2) is 0 Å². The van der Waals surface area contributed by atoms with Crippen LogP contribution in [0.2, 0.25) is 0 Å². The summed E-state index contributed by atoms with van der Waals surface area (Å²) < 4.78 is 1.97. The van der Waals surface area contributed by atoms with Gasteiger partial charge in [0, 0.05) is 81.0 Å². The molecular formula is C29H34N6O. The number of likely N-dealkylation sites (tertiary alicyclic amines) is 1. The van der Waals surface area contributed by atoms with E-state index >= 15 is 0 Å². The molecule has 6 rings (SSSR count). The summed E-state index contributed by atoms with van der Waals surface area (Å²) in [6.07, 6.45) is 5.43. The number of carbonyl (C=O) groups excluding carboxylic acids is 1. The van der Waals surface area contributed by atoms with E-state index in [1.807, 2.05) is 15.6 Å². The van der Waals surface area contributed by atoms with Crippen molar-refractivity contribution in [1.82, 2.24) is 19.4 Å². The monoisotopic (exact) mass is 482 g/mol. The van der Waals surface area contributed by atoms with Crippen LogP contribution < -0.4 is 4.90 Å². The van der Waals surface area contributed by atoms with Gasteiger partial charge in [0.1, 0.15) is 0 Å². The van der Waals surface area contributed by atoms with Crippen LogP contribution in [0.4, 0.5) is 5.69 Å². The van der Waals surface area contributed by atoms with Gasteiger partial charge in [-0.2, -0.15) is 10.4 Å². The lowest BCUT2D eigenvalue weighted by Gasteiger charge is -2.42. The quantitative estimate of drug-likeness (QED) is 0.550. The minimum atomic E-state index is 0.0480. The van der Waals surface area contributed by atoms with Crippen molar-refractivity contribution in [2.45, 2.75) is 38.6 Å². The molecule has 3 aliphatic rings. The zero-order valence-corrected chi connectivity index (χ0v) is 21.2. The number of piperazine rings is 1. The summed E-state index contributed by atoms with van der Waals surface area (Å²) in [5, 5.41) is 13.6. The van der Waals surface area contributed by atoms with E-state index in [0.29, 0.717) is 12.0 Å². The minimum Gasteiger partial charge on any atom is -0.366 e. The molecule has 1 aliphatic carbocycles. The van der Waals surface area contributed by atoms with Crippen LogP contribution in [-0.4, -0.2) is 70.6 Å². The highest BCUT2D eigenvalue weighted by atomic mass is 16.2. The number of nitrogens with zero attached hydrogens (tertiary/aromatic N) is 6. The van der Waals surface area contributed by atoms with Crippen LogP contribution >= 0.6 is 0 Å². The van der Waals surface area contributed by atoms with Gasteiger partial charge < -0.3 is 9.80 Å². The zero-order chi connectivity index (χ0) is 24.8. The predicted octanol–water partition coefficient (Wildman–Crippen LogP) is 4.01. The van der Waals surface area contributed by atoms with Crippen LogP contribution in [0, 0.1) is 23.2 Å². The molecule has 0 bridgehead atoms. The smallest absolute Gasteiger partial charge is 0.225 e. The van der Waals surface area contributed by atoms with Gasteiger partial charge in [0.2, 0.25) is 5.91 Å². The Morgan fingerprint density at radius 3 is 2.42 bits per heavy atom. The number of rotatable bonds is 5. The molecule has 0 radical (unpaired) electrons. The second kappa shape index (κ2) is 9.25. The Morgan fingerprint density at radius 2 is 1.75 bits per heavy atom. The third-order valence-electron chi connectivity index (χ3n) is 8.44. The Kier molecular flexibility index (Phi) is 5.93. The molecule has 1 aromatic carbocycles. The number of fused-ring (bicyclic) bond motifs is 1. The topological polar surface area (TPSA) is 67.9 Å². The molecule has 3 fully saturated rings. The van der Waals surface area contributed by atoms with Crippen molar-refractivity contribution >= 4 is 17.1 Å². The van der Waals surface area contributed by atoms with Crippen LogP contribution in [0.5, 0.6) is 0 Å². The fraction of sp³-hybridized carbons (Fsp3) is 0.483. The molecule has 0 atom stereocenters. The molecule has 36 heavy (non-hydrogen) atoms. The Bertz CT molecular complexity index is 1290. The second-order valence-corrected chi connectivity index (χ2v) is 10.9. The van der Waals surface area contributed by atoms with Gasteiger partial charge in [-0.25, -0.2) is 4.52 Å². The first kappa shape index (κ1) is 23.1. The maximum atomic E-state index is 12.8. The average Bonchev–Trinajstić information content (AvgIpc) is 3.27. The van der Waals surface area contributed by atoms with E-state index in [1.54, 1.807) is 0 Å². The number of amides is 1. The van der Waals surface area contributed by atoms with E-state index in [2.05, 4.69) is 77.4 Å². The van der Waals surface area contributed by atoms with Crippen molar-refractivity contribution in [3.63, 3.8) is 0 Å². The van der Waals surface area contributed by atoms with Crippen LogP contribution in [0.25, 0.3) is 16.6 Å². The summed E-state index contributed by atoms with van der Waals surface area (Å²) >= 11 is 0. The molecule has 2 aliphatic heterocycles. The highest BCUT2D eigenvalue weighted by molar-refractivity contribution is 5.82. The number of nitriles is 1. The number of hydrogen-bond acceptors (Lipinski definition) is 5. The fourth-order valence-electron chi connectivity index (χ4n) is 5.87. The van der Waals surface area contributed by atoms with Crippen LogP contribution in [0.15, 0.2) is 48.8 Å². The Labute approximate surface area is 212 Å². The van der Waals surface area contributed by atoms with Crippen molar-refractivity contribution in [3.05, 3.63) is 54.4 Å². The molecular weight excluding hydrogens is 448 g/mol. The Morgan fingerprint density at radius 1 is 1.03 bits per heavy atom. The number of benzene rings is 1. The molecule has 186 valence electrons. The first-order chi connectivity index (χ1) is 17.5.